The van der Waals surface area contributed by atoms with E-state index in [1.54, 1.807) is 6.92 Å². The highest BCUT2D eigenvalue weighted by Gasteiger charge is 2.27. The van der Waals surface area contributed by atoms with Gasteiger partial charge in [-0.25, -0.2) is 4.39 Å². The van der Waals surface area contributed by atoms with Crippen LogP contribution in [0.3, 0.4) is 0 Å². The molecule has 1 saturated heterocycles. The molecule has 24 heavy (non-hydrogen) atoms. The van der Waals surface area contributed by atoms with Gasteiger partial charge in [-0.3, -0.25) is 9.69 Å². The van der Waals surface area contributed by atoms with Crippen molar-refractivity contribution in [3.63, 3.8) is 0 Å². The first-order valence-corrected chi connectivity index (χ1v) is 8.13. The first kappa shape index (κ1) is 16.6. The zero-order valence-corrected chi connectivity index (χ0v) is 13.8. The maximum atomic E-state index is 12.9. The third kappa shape index (κ3) is 3.79. The first-order chi connectivity index (χ1) is 11.5. The summed E-state index contributed by atoms with van der Waals surface area (Å²) in [4.78, 5) is 18.7. The predicted octanol–water partition coefficient (Wildman–Crippen LogP) is 2.47. The lowest BCUT2D eigenvalue weighted by Gasteiger charge is -2.34. The minimum absolute atomic E-state index is 0.0694. The number of nitrogens with one attached hydrogen (secondary N) is 1. The molecule has 0 spiro atoms. The van der Waals surface area contributed by atoms with Crippen molar-refractivity contribution in [3.8, 4) is 0 Å². The SMILES string of the molecule is Cc1noc([C@H](C)N2CCC(NC(=O)c3ccc(F)cc3)CC2)n1. The quantitative estimate of drug-likeness (QED) is 0.931. The molecule has 1 aliphatic rings. The van der Waals surface area contributed by atoms with E-state index >= 15 is 0 Å². The molecule has 0 aliphatic carbocycles. The summed E-state index contributed by atoms with van der Waals surface area (Å²) in [6.45, 7) is 5.54. The van der Waals surface area contributed by atoms with Gasteiger partial charge < -0.3 is 9.84 Å². The second-order valence-electron chi connectivity index (χ2n) is 6.15. The third-order valence-electron chi connectivity index (χ3n) is 4.42. The van der Waals surface area contributed by atoms with Crippen LogP contribution in [0.4, 0.5) is 4.39 Å². The van der Waals surface area contributed by atoms with E-state index in [2.05, 4.69) is 20.4 Å². The standard InChI is InChI=1S/C17H21FN4O2/c1-11(17-19-12(2)21-24-17)22-9-7-15(8-10-22)20-16(23)13-3-5-14(18)6-4-13/h3-6,11,15H,7-10H2,1-2H3,(H,20,23)/t11-/m0/s1. The molecule has 1 amide bonds. The maximum Gasteiger partial charge on any atom is 0.251 e. The number of amides is 1. The van der Waals surface area contributed by atoms with Crippen molar-refractivity contribution in [2.24, 2.45) is 0 Å². The number of rotatable bonds is 4. The van der Waals surface area contributed by atoms with Crippen LogP contribution in [-0.4, -0.2) is 40.1 Å². The van der Waals surface area contributed by atoms with Gasteiger partial charge in [0.15, 0.2) is 5.82 Å². The van der Waals surface area contributed by atoms with Gasteiger partial charge in [0.25, 0.3) is 5.91 Å². The molecule has 128 valence electrons. The highest BCUT2D eigenvalue weighted by atomic mass is 19.1. The second kappa shape index (κ2) is 7.09. The number of aryl methyl sites for hydroxylation is 1. The van der Waals surface area contributed by atoms with Gasteiger partial charge in [0, 0.05) is 24.7 Å². The van der Waals surface area contributed by atoms with Gasteiger partial charge in [-0.05, 0) is 51.0 Å². The van der Waals surface area contributed by atoms with Gasteiger partial charge in [0.2, 0.25) is 5.89 Å². The molecule has 1 N–H and O–H groups in total. The Morgan fingerprint density at radius 2 is 2.00 bits per heavy atom. The molecule has 0 radical (unpaired) electrons. The zero-order valence-electron chi connectivity index (χ0n) is 13.8. The van der Waals surface area contributed by atoms with Crippen LogP contribution in [0.15, 0.2) is 28.8 Å². The number of hydrogen-bond acceptors (Lipinski definition) is 5. The van der Waals surface area contributed by atoms with E-state index < -0.39 is 0 Å². The van der Waals surface area contributed by atoms with E-state index in [1.807, 2.05) is 6.92 Å². The lowest BCUT2D eigenvalue weighted by atomic mass is 10.0. The van der Waals surface area contributed by atoms with Crippen LogP contribution in [0.2, 0.25) is 0 Å². The molecule has 0 saturated carbocycles. The molecule has 1 fully saturated rings. The minimum Gasteiger partial charge on any atom is -0.349 e. The number of halogens is 1. The summed E-state index contributed by atoms with van der Waals surface area (Å²) in [7, 11) is 0. The average Bonchev–Trinajstić information content (AvgIpc) is 3.02. The van der Waals surface area contributed by atoms with E-state index in [9.17, 15) is 9.18 Å². The summed E-state index contributed by atoms with van der Waals surface area (Å²) < 4.78 is 18.1. The van der Waals surface area contributed by atoms with Crippen LogP contribution in [0, 0.1) is 12.7 Å². The summed E-state index contributed by atoms with van der Waals surface area (Å²) in [5.41, 5.74) is 0.480. The number of aromatic nitrogens is 2. The van der Waals surface area contributed by atoms with Crippen molar-refractivity contribution in [2.75, 3.05) is 13.1 Å². The largest absolute Gasteiger partial charge is 0.349 e. The Balaban J connectivity index is 1.51. The Labute approximate surface area is 140 Å². The fraction of sp³-hybridized carbons (Fsp3) is 0.471. The van der Waals surface area contributed by atoms with E-state index in [0.717, 1.165) is 25.9 Å². The van der Waals surface area contributed by atoms with Gasteiger partial charge in [0.1, 0.15) is 5.82 Å². The first-order valence-electron chi connectivity index (χ1n) is 8.13. The zero-order chi connectivity index (χ0) is 17.1. The molecule has 6 nitrogen and oxygen atoms in total. The number of likely N-dealkylation sites (tertiary alicyclic amines) is 1. The lowest BCUT2D eigenvalue weighted by molar-refractivity contribution is 0.0881. The van der Waals surface area contributed by atoms with Gasteiger partial charge >= 0.3 is 0 Å². The van der Waals surface area contributed by atoms with Crippen molar-refractivity contribution in [1.82, 2.24) is 20.4 Å². The molecule has 7 heteroatoms. The third-order valence-corrected chi connectivity index (χ3v) is 4.42. The number of carbonyl (C=O) groups excluding carboxylic acids is 1. The van der Waals surface area contributed by atoms with E-state index in [-0.39, 0.29) is 23.8 Å². The molecule has 0 bridgehead atoms. The van der Waals surface area contributed by atoms with Gasteiger partial charge in [-0.2, -0.15) is 4.98 Å². The summed E-state index contributed by atoms with van der Waals surface area (Å²) in [6.07, 6.45) is 1.70. The molecule has 1 aromatic carbocycles. The van der Waals surface area contributed by atoms with Gasteiger partial charge in [-0.1, -0.05) is 5.16 Å². The molecule has 1 aromatic heterocycles. The van der Waals surface area contributed by atoms with E-state index in [0.29, 0.717) is 17.3 Å². The Hall–Kier alpha value is -2.28. The highest BCUT2D eigenvalue weighted by molar-refractivity contribution is 5.94. The Morgan fingerprint density at radius 3 is 2.58 bits per heavy atom. The van der Waals surface area contributed by atoms with Gasteiger partial charge in [-0.15, -0.1) is 0 Å². The number of carbonyl (C=O) groups is 1. The normalized spacial score (nSPS) is 17.6. The van der Waals surface area contributed by atoms with Crippen molar-refractivity contribution >= 4 is 5.91 Å². The molecule has 2 aromatic rings. The number of piperidine rings is 1. The van der Waals surface area contributed by atoms with E-state index in [1.165, 1.54) is 24.3 Å². The molecule has 1 aliphatic heterocycles. The summed E-state index contributed by atoms with van der Waals surface area (Å²) in [5.74, 6) is 0.763. The molecular weight excluding hydrogens is 311 g/mol. The Bertz CT molecular complexity index is 693. The monoisotopic (exact) mass is 332 g/mol. The minimum atomic E-state index is -0.342. The van der Waals surface area contributed by atoms with Crippen molar-refractivity contribution in [1.29, 1.82) is 0 Å². The fourth-order valence-electron chi connectivity index (χ4n) is 2.94. The smallest absolute Gasteiger partial charge is 0.251 e. The molecule has 3 rings (SSSR count). The topological polar surface area (TPSA) is 71.3 Å². The average molecular weight is 332 g/mol. The number of hydrogen-bond donors (Lipinski definition) is 1. The molecule has 2 heterocycles. The van der Waals surface area contributed by atoms with Crippen molar-refractivity contribution < 1.29 is 13.7 Å². The molecule has 1 atom stereocenters. The summed E-state index contributed by atoms with van der Waals surface area (Å²) in [6, 6.07) is 5.78. The Kier molecular flexibility index (Phi) is 4.89. The highest BCUT2D eigenvalue weighted by Crippen LogP contribution is 2.23. The van der Waals surface area contributed by atoms with Crippen LogP contribution in [0.25, 0.3) is 0 Å². The summed E-state index contributed by atoms with van der Waals surface area (Å²) >= 11 is 0. The summed E-state index contributed by atoms with van der Waals surface area (Å²) in [5, 5.41) is 6.85. The molecular formula is C17H21FN4O2. The Morgan fingerprint density at radius 1 is 1.33 bits per heavy atom. The maximum absolute atomic E-state index is 12.9. The van der Waals surface area contributed by atoms with Crippen LogP contribution < -0.4 is 5.32 Å². The predicted molar refractivity (Wildman–Crippen MR) is 85.9 cm³/mol. The van der Waals surface area contributed by atoms with Crippen LogP contribution in [0.1, 0.15) is 47.9 Å². The van der Waals surface area contributed by atoms with Crippen LogP contribution in [-0.2, 0) is 0 Å². The number of nitrogens with zero attached hydrogens (tertiary/aromatic N) is 3. The van der Waals surface area contributed by atoms with Gasteiger partial charge in [0.05, 0.1) is 6.04 Å². The lowest BCUT2D eigenvalue weighted by Crippen LogP contribution is -2.45. The van der Waals surface area contributed by atoms with Crippen LogP contribution >= 0.6 is 0 Å². The fourth-order valence-corrected chi connectivity index (χ4v) is 2.94. The number of benzene rings is 1. The molecule has 0 unspecified atom stereocenters. The van der Waals surface area contributed by atoms with Crippen molar-refractivity contribution in [3.05, 3.63) is 47.4 Å². The second-order valence-corrected chi connectivity index (χ2v) is 6.15. The van der Waals surface area contributed by atoms with Crippen molar-refractivity contribution in [2.45, 2.75) is 38.8 Å². The van der Waals surface area contributed by atoms with Crippen LogP contribution in [0.5, 0.6) is 0 Å². The van der Waals surface area contributed by atoms with E-state index in [4.69, 9.17) is 4.52 Å².